The van der Waals surface area contributed by atoms with Gasteiger partial charge in [-0.25, -0.2) is 4.79 Å². The van der Waals surface area contributed by atoms with E-state index < -0.39 is 0 Å². The van der Waals surface area contributed by atoms with Gasteiger partial charge in [-0.1, -0.05) is 30.3 Å². The van der Waals surface area contributed by atoms with Gasteiger partial charge >= 0.3 is 6.03 Å². The highest BCUT2D eigenvalue weighted by Crippen LogP contribution is 2.34. The second kappa shape index (κ2) is 8.39. The van der Waals surface area contributed by atoms with Crippen molar-refractivity contribution in [3.05, 3.63) is 54.1 Å². The number of anilines is 1. The van der Waals surface area contributed by atoms with E-state index in [-0.39, 0.29) is 18.9 Å². The number of fused-ring (bicyclic) bond motifs is 1. The van der Waals surface area contributed by atoms with Crippen LogP contribution in [0, 0.1) is 0 Å². The van der Waals surface area contributed by atoms with Gasteiger partial charge in [-0.3, -0.25) is 0 Å². The first kappa shape index (κ1) is 17.1. The molecule has 0 aliphatic carbocycles. The van der Waals surface area contributed by atoms with E-state index in [1.807, 2.05) is 37.3 Å². The van der Waals surface area contributed by atoms with Crippen molar-refractivity contribution in [1.82, 2.24) is 5.32 Å². The van der Waals surface area contributed by atoms with Gasteiger partial charge in [-0.15, -0.1) is 0 Å². The molecule has 1 aliphatic heterocycles. The van der Waals surface area contributed by atoms with Crippen molar-refractivity contribution < 1.29 is 19.0 Å². The predicted molar refractivity (Wildman–Crippen MR) is 95.0 cm³/mol. The molecule has 1 heterocycles. The van der Waals surface area contributed by atoms with Crippen LogP contribution in [0.2, 0.25) is 0 Å². The third kappa shape index (κ3) is 4.87. The number of urea groups is 1. The first-order valence-corrected chi connectivity index (χ1v) is 8.33. The van der Waals surface area contributed by atoms with E-state index in [2.05, 4.69) is 10.6 Å². The normalized spacial score (nSPS) is 13.3. The van der Waals surface area contributed by atoms with Crippen LogP contribution in [-0.2, 0) is 4.74 Å². The Morgan fingerprint density at radius 2 is 1.96 bits per heavy atom. The van der Waals surface area contributed by atoms with Crippen LogP contribution in [0.15, 0.2) is 48.5 Å². The Balaban J connectivity index is 1.33. The fourth-order valence-corrected chi connectivity index (χ4v) is 2.50. The minimum absolute atomic E-state index is 0.0451. The van der Waals surface area contributed by atoms with Gasteiger partial charge in [0, 0.05) is 24.9 Å². The summed E-state index contributed by atoms with van der Waals surface area (Å²) in [5.74, 6) is 1.33. The Morgan fingerprint density at radius 1 is 1.16 bits per heavy atom. The number of carbonyl (C=O) groups excluding carboxylic acids is 1. The summed E-state index contributed by atoms with van der Waals surface area (Å²) >= 11 is 0. The average Bonchev–Trinajstić information content (AvgIpc) is 3.09. The molecule has 132 valence electrons. The molecule has 1 atom stereocenters. The Bertz CT molecular complexity index is 706. The summed E-state index contributed by atoms with van der Waals surface area (Å²) in [5, 5.41) is 5.58. The van der Waals surface area contributed by atoms with Gasteiger partial charge in [0.25, 0.3) is 0 Å². The second-order valence-electron chi connectivity index (χ2n) is 5.73. The lowest BCUT2D eigenvalue weighted by atomic mass is 10.1. The molecule has 1 unspecified atom stereocenters. The number of carbonyl (C=O) groups is 1. The van der Waals surface area contributed by atoms with E-state index in [0.29, 0.717) is 30.3 Å². The molecule has 6 heteroatoms. The zero-order chi connectivity index (χ0) is 17.5. The Hall–Kier alpha value is -2.73. The van der Waals surface area contributed by atoms with Gasteiger partial charge in [-0.05, 0) is 31.0 Å². The predicted octanol–water partition coefficient (Wildman–Crippen LogP) is 3.70. The Morgan fingerprint density at radius 3 is 2.80 bits per heavy atom. The number of amides is 2. The monoisotopic (exact) mass is 342 g/mol. The number of ether oxygens (including phenoxy) is 3. The average molecular weight is 342 g/mol. The van der Waals surface area contributed by atoms with Crippen LogP contribution in [0.25, 0.3) is 0 Å². The van der Waals surface area contributed by atoms with E-state index in [1.54, 1.807) is 18.2 Å². The standard InChI is InChI=1S/C19H22N2O4/c1-14(15-6-3-2-4-7-15)23-11-5-10-20-19(22)21-16-8-9-17-18(12-16)25-13-24-17/h2-4,6-9,12,14H,5,10-11,13H2,1H3,(H2,20,21,22). The van der Waals surface area contributed by atoms with Crippen LogP contribution in [0.1, 0.15) is 25.0 Å². The first-order valence-electron chi connectivity index (χ1n) is 8.33. The van der Waals surface area contributed by atoms with Crippen LogP contribution in [0.5, 0.6) is 11.5 Å². The molecule has 6 nitrogen and oxygen atoms in total. The minimum atomic E-state index is -0.255. The Labute approximate surface area is 147 Å². The maximum atomic E-state index is 11.9. The van der Waals surface area contributed by atoms with Crippen molar-refractivity contribution in [2.75, 3.05) is 25.3 Å². The maximum Gasteiger partial charge on any atom is 0.319 e. The summed E-state index contributed by atoms with van der Waals surface area (Å²) in [5.41, 5.74) is 1.81. The number of hydrogen-bond acceptors (Lipinski definition) is 4. The highest BCUT2D eigenvalue weighted by atomic mass is 16.7. The van der Waals surface area contributed by atoms with Gasteiger partial charge in [0.2, 0.25) is 6.79 Å². The second-order valence-corrected chi connectivity index (χ2v) is 5.73. The molecule has 0 saturated heterocycles. The number of benzene rings is 2. The first-order chi connectivity index (χ1) is 12.2. The molecule has 2 aromatic carbocycles. The van der Waals surface area contributed by atoms with Crippen LogP contribution >= 0.6 is 0 Å². The number of nitrogens with one attached hydrogen (secondary N) is 2. The molecule has 3 rings (SSSR count). The van der Waals surface area contributed by atoms with Crippen molar-refractivity contribution in [3.8, 4) is 11.5 Å². The molecule has 2 N–H and O–H groups in total. The molecule has 0 fully saturated rings. The summed E-state index contributed by atoms with van der Waals surface area (Å²) in [6.07, 6.45) is 0.787. The van der Waals surface area contributed by atoms with E-state index in [0.717, 1.165) is 12.0 Å². The van der Waals surface area contributed by atoms with Crippen LogP contribution in [-0.4, -0.2) is 26.0 Å². The van der Waals surface area contributed by atoms with Crippen molar-refractivity contribution >= 4 is 11.7 Å². The lowest BCUT2D eigenvalue weighted by Crippen LogP contribution is -2.30. The maximum absolute atomic E-state index is 11.9. The third-order valence-electron chi connectivity index (χ3n) is 3.87. The van der Waals surface area contributed by atoms with Gasteiger partial charge in [0.15, 0.2) is 11.5 Å². The summed E-state index contributed by atoms with van der Waals surface area (Å²) in [4.78, 5) is 11.9. The van der Waals surface area contributed by atoms with Gasteiger partial charge < -0.3 is 24.8 Å². The van der Waals surface area contributed by atoms with Crippen molar-refractivity contribution in [2.24, 2.45) is 0 Å². The number of hydrogen-bond donors (Lipinski definition) is 2. The van der Waals surface area contributed by atoms with Crippen LogP contribution in [0.4, 0.5) is 10.5 Å². The third-order valence-corrected chi connectivity index (χ3v) is 3.87. The molecular weight excluding hydrogens is 320 g/mol. The van der Waals surface area contributed by atoms with Crippen molar-refractivity contribution in [2.45, 2.75) is 19.4 Å². The largest absolute Gasteiger partial charge is 0.454 e. The van der Waals surface area contributed by atoms with Gasteiger partial charge in [-0.2, -0.15) is 0 Å². The van der Waals surface area contributed by atoms with E-state index >= 15 is 0 Å². The molecule has 0 saturated carbocycles. The molecule has 0 bridgehead atoms. The molecular formula is C19H22N2O4. The van der Waals surface area contributed by atoms with E-state index in [9.17, 15) is 4.79 Å². The molecule has 0 aromatic heterocycles. The van der Waals surface area contributed by atoms with Crippen molar-refractivity contribution in [3.63, 3.8) is 0 Å². The lowest BCUT2D eigenvalue weighted by molar-refractivity contribution is 0.0644. The Kier molecular flexibility index (Phi) is 5.74. The minimum Gasteiger partial charge on any atom is -0.454 e. The molecule has 2 amide bonds. The zero-order valence-electron chi connectivity index (χ0n) is 14.2. The molecule has 0 spiro atoms. The molecule has 1 aliphatic rings. The van der Waals surface area contributed by atoms with Gasteiger partial charge in [0.05, 0.1) is 6.10 Å². The SMILES string of the molecule is CC(OCCCNC(=O)Nc1ccc2c(c1)OCO2)c1ccccc1. The van der Waals surface area contributed by atoms with Crippen molar-refractivity contribution in [1.29, 1.82) is 0 Å². The summed E-state index contributed by atoms with van der Waals surface area (Å²) in [6, 6.07) is 15.1. The number of rotatable bonds is 7. The summed E-state index contributed by atoms with van der Waals surface area (Å²) < 4.78 is 16.3. The van der Waals surface area contributed by atoms with E-state index in [1.165, 1.54) is 0 Å². The topological polar surface area (TPSA) is 68.8 Å². The highest BCUT2D eigenvalue weighted by Gasteiger charge is 2.14. The molecule has 2 aromatic rings. The van der Waals surface area contributed by atoms with Crippen LogP contribution < -0.4 is 20.1 Å². The van der Waals surface area contributed by atoms with E-state index in [4.69, 9.17) is 14.2 Å². The summed E-state index contributed by atoms with van der Waals surface area (Å²) in [6.45, 7) is 3.36. The fraction of sp³-hybridized carbons (Fsp3) is 0.316. The highest BCUT2D eigenvalue weighted by molar-refractivity contribution is 5.89. The summed E-state index contributed by atoms with van der Waals surface area (Å²) in [7, 11) is 0. The molecule has 0 radical (unpaired) electrons. The fourth-order valence-electron chi connectivity index (χ4n) is 2.50. The lowest BCUT2D eigenvalue weighted by Gasteiger charge is -2.13. The van der Waals surface area contributed by atoms with Gasteiger partial charge in [0.1, 0.15) is 0 Å². The molecule has 25 heavy (non-hydrogen) atoms. The quantitative estimate of drug-likeness (QED) is 0.753. The zero-order valence-corrected chi connectivity index (χ0v) is 14.2. The van der Waals surface area contributed by atoms with Crippen LogP contribution in [0.3, 0.4) is 0 Å². The smallest absolute Gasteiger partial charge is 0.319 e.